The maximum Gasteiger partial charge on any atom is 0.322 e. The minimum atomic E-state index is -0.851. The van der Waals surface area contributed by atoms with Crippen molar-refractivity contribution >= 4 is 11.9 Å². The van der Waals surface area contributed by atoms with E-state index < -0.39 is 11.9 Å². The Kier molecular flexibility index (Phi) is 2.59. The lowest BCUT2D eigenvalue weighted by molar-refractivity contribution is 0.101. The summed E-state index contributed by atoms with van der Waals surface area (Å²) >= 11 is 0. The summed E-state index contributed by atoms with van der Waals surface area (Å²) in [7, 11) is 0. The number of hydrogen-bond donors (Lipinski definition) is 1. The highest BCUT2D eigenvalue weighted by Crippen LogP contribution is 2.08. The molecule has 0 bridgehead atoms. The van der Waals surface area contributed by atoms with Crippen LogP contribution < -0.4 is 5.32 Å². The van der Waals surface area contributed by atoms with Gasteiger partial charge < -0.3 is 4.42 Å². The summed E-state index contributed by atoms with van der Waals surface area (Å²) in [4.78, 5) is 14.9. The largest absolute Gasteiger partial charge is 0.408 e. The van der Waals surface area contributed by atoms with Gasteiger partial charge in [-0.1, -0.05) is 5.10 Å². The van der Waals surface area contributed by atoms with Crippen LogP contribution in [0.5, 0.6) is 0 Å². The number of carbonyl (C=O) groups excluding carboxylic acids is 1. The molecule has 2 rings (SSSR count). The van der Waals surface area contributed by atoms with Crippen LogP contribution in [0.1, 0.15) is 16.2 Å². The molecule has 0 radical (unpaired) electrons. The van der Waals surface area contributed by atoms with Crippen LogP contribution in [0.3, 0.4) is 0 Å². The van der Waals surface area contributed by atoms with Gasteiger partial charge in [0.15, 0.2) is 0 Å². The molecule has 1 amide bonds. The molecule has 0 aliphatic heterocycles. The standard InChI is InChI=1S/C9H7FN4O2/c1-5-13-14-9(16-5)12-8(15)6-3-2-4-11-7(6)10/h2-4H,1H3,(H,12,14,15). The molecule has 82 valence electrons. The number of aryl methyl sites for hydroxylation is 1. The Hall–Kier alpha value is -2.31. The quantitative estimate of drug-likeness (QED) is 0.771. The van der Waals surface area contributed by atoms with Crippen molar-refractivity contribution < 1.29 is 13.6 Å². The van der Waals surface area contributed by atoms with Crippen molar-refractivity contribution in [1.29, 1.82) is 0 Å². The van der Waals surface area contributed by atoms with Gasteiger partial charge >= 0.3 is 6.01 Å². The minimum absolute atomic E-state index is 0.0780. The lowest BCUT2D eigenvalue weighted by Crippen LogP contribution is -2.14. The van der Waals surface area contributed by atoms with Crippen LogP contribution in [0.4, 0.5) is 10.4 Å². The van der Waals surface area contributed by atoms with Crippen LogP contribution in [-0.2, 0) is 0 Å². The van der Waals surface area contributed by atoms with Gasteiger partial charge in [0.05, 0.1) is 5.56 Å². The fourth-order valence-corrected chi connectivity index (χ4v) is 1.07. The van der Waals surface area contributed by atoms with Gasteiger partial charge in [0.25, 0.3) is 5.91 Å². The molecule has 0 fully saturated rings. The molecule has 6 nitrogen and oxygen atoms in total. The van der Waals surface area contributed by atoms with E-state index in [4.69, 9.17) is 4.42 Å². The van der Waals surface area contributed by atoms with Crippen LogP contribution in [0, 0.1) is 12.9 Å². The Morgan fingerprint density at radius 3 is 2.94 bits per heavy atom. The summed E-state index contributed by atoms with van der Waals surface area (Å²) < 4.78 is 18.0. The average Bonchev–Trinajstić information content (AvgIpc) is 2.64. The molecule has 0 aromatic carbocycles. The molecular formula is C9H7FN4O2. The third-order valence-corrected chi connectivity index (χ3v) is 1.75. The maximum absolute atomic E-state index is 13.1. The molecule has 2 aromatic heterocycles. The van der Waals surface area contributed by atoms with E-state index in [2.05, 4.69) is 20.5 Å². The molecule has 0 saturated heterocycles. The Balaban J connectivity index is 2.18. The zero-order valence-electron chi connectivity index (χ0n) is 8.27. The maximum atomic E-state index is 13.1. The van der Waals surface area contributed by atoms with E-state index in [-0.39, 0.29) is 11.6 Å². The second-order valence-electron chi connectivity index (χ2n) is 2.92. The number of anilines is 1. The second-order valence-corrected chi connectivity index (χ2v) is 2.92. The number of pyridine rings is 1. The third-order valence-electron chi connectivity index (χ3n) is 1.75. The predicted octanol–water partition coefficient (Wildman–Crippen LogP) is 1.16. The highest BCUT2D eigenvalue weighted by molar-refractivity contribution is 6.02. The molecule has 0 atom stereocenters. The number of hydrogen-bond acceptors (Lipinski definition) is 5. The Bertz CT molecular complexity index is 526. The SMILES string of the molecule is Cc1nnc(NC(=O)c2cccnc2F)o1. The van der Waals surface area contributed by atoms with Gasteiger partial charge in [0.1, 0.15) is 0 Å². The summed E-state index contributed by atoms with van der Waals surface area (Å²) in [5, 5.41) is 9.33. The first kappa shape index (κ1) is 10.2. The number of amides is 1. The molecule has 0 aliphatic rings. The van der Waals surface area contributed by atoms with Crippen LogP contribution in [0.25, 0.3) is 0 Å². The second kappa shape index (κ2) is 4.05. The normalized spacial score (nSPS) is 10.1. The van der Waals surface area contributed by atoms with E-state index >= 15 is 0 Å². The van der Waals surface area contributed by atoms with Crippen LogP contribution in [-0.4, -0.2) is 21.1 Å². The highest BCUT2D eigenvalue weighted by Gasteiger charge is 2.14. The van der Waals surface area contributed by atoms with Gasteiger partial charge in [-0.15, -0.1) is 5.10 Å². The molecule has 0 saturated carbocycles. The van der Waals surface area contributed by atoms with Gasteiger partial charge in [-0.05, 0) is 12.1 Å². The molecule has 1 N–H and O–H groups in total. The van der Waals surface area contributed by atoms with E-state index in [1.807, 2.05) is 0 Å². The first-order valence-electron chi connectivity index (χ1n) is 4.39. The van der Waals surface area contributed by atoms with Gasteiger partial charge in [-0.2, -0.15) is 4.39 Å². The van der Waals surface area contributed by atoms with Gasteiger partial charge in [0.2, 0.25) is 11.8 Å². The third kappa shape index (κ3) is 2.02. The lowest BCUT2D eigenvalue weighted by atomic mass is 10.2. The number of nitrogens with one attached hydrogen (secondary N) is 1. The van der Waals surface area contributed by atoms with E-state index in [0.717, 1.165) is 0 Å². The van der Waals surface area contributed by atoms with Crippen molar-refractivity contribution in [3.8, 4) is 0 Å². The van der Waals surface area contributed by atoms with E-state index in [1.165, 1.54) is 18.3 Å². The van der Waals surface area contributed by atoms with Crippen molar-refractivity contribution in [2.45, 2.75) is 6.92 Å². The molecule has 2 aromatic rings. The number of aromatic nitrogens is 3. The number of rotatable bonds is 2. The summed E-state index contributed by atoms with van der Waals surface area (Å²) in [6.07, 6.45) is 1.25. The van der Waals surface area contributed by atoms with Crippen molar-refractivity contribution in [2.75, 3.05) is 5.32 Å². The van der Waals surface area contributed by atoms with Crippen molar-refractivity contribution in [1.82, 2.24) is 15.2 Å². The first-order valence-corrected chi connectivity index (χ1v) is 4.39. The summed E-state index contributed by atoms with van der Waals surface area (Å²) in [6, 6.07) is 2.68. The van der Waals surface area contributed by atoms with Crippen LogP contribution in [0.2, 0.25) is 0 Å². The van der Waals surface area contributed by atoms with Gasteiger partial charge in [-0.3, -0.25) is 10.1 Å². The topological polar surface area (TPSA) is 80.9 Å². The zero-order chi connectivity index (χ0) is 11.5. The molecule has 0 spiro atoms. The Morgan fingerprint density at radius 2 is 2.31 bits per heavy atom. The van der Waals surface area contributed by atoms with Gasteiger partial charge in [-0.25, -0.2) is 4.98 Å². The summed E-state index contributed by atoms with van der Waals surface area (Å²) in [5.41, 5.74) is -0.182. The molecule has 7 heteroatoms. The zero-order valence-corrected chi connectivity index (χ0v) is 8.27. The first-order chi connectivity index (χ1) is 7.66. The molecular weight excluding hydrogens is 215 g/mol. The van der Waals surface area contributed by atoms with E-state index in [9.17, 15) is 9.18 Å². The van der Waals surface area contributed by atoms with Crippen molar-refractivity contribution in [3.05, 3.63) is 35.7 Å². The van der Waals surface area contributed by atoms with E-state index in [0.29, 0.717) is 5.89 Å². The number of halogens is 1. The number of nitrogens with zero attached hydrogens (tertiary/aromatic N) is 3. The monoisotopic (exact) mass is 222 g/mol. The number of carbonyl (C=O) groups is 1. The molecule has 0 unspecified atom stereocenters. The molecule has 2 heterocycles. The molecule has 16 heavy (non-hydrogen) atoms. The smallest absolute Gasteiger partial charge is 0.322 e. The summed E-state index contributed by atoms with van der Waals surface area (Å²) in [5.74, 6) is -1.23. The predicted molar refractivity (Wildman–Crippen MR) is 51.2 cm³/mol. The Morgan fingerprint density at radius 1 is 1.50 bits per heavy atom. The Labute approximate surface area is 89.5 Å². The fraction of sp³-hybridized carbons (Fsp3) is 0.111. The molecule has 0 aliphatic carbocycles. The lowest BCUT2D eigenvalue weighted by Gasteiger charge is -2.00. The van der Waals surface area contributed by atoms with Gasteiger partial charge in [0, 0.05) is 13.1 Å². The summed E-state index contributed by atoms with van der Waals surface area (Å²) in [6.45, 7) is 1.58. The van der Waals surface area contributed by atoms with Crippen LogP contribution in [0.15, 0.2) is 22.7 Å². The highest BCUT2D eigenvalue weighted by atomic mass is 19.1. The van der Waals surface area contributed by atoms with Crippen molar-refractivity contribution in [3.63, 3.8) is 0 Å². The minimum Gasteiger partial charge on any atom is -0.408 e. The van der Waals surface area contributed by atoms with Crippen molar-refractivity contribution in [2.24, 2.45) is 0 Å². The van der Waals surface area contributed by atoms with E-state index in [1.54, 1.807) is 6.92 Å². The van der Waals surface area contributed by atoms with Crippen LogP contribution >= 0.6 is 0 Å². The fourth-order valence-electron chi connectivity index (χ4n) is 1.07. The average molecular weight is 222 g/mol.